The van der Waals surface area contributed by atoms with Crippen LogP contribution in [0.3, 0.4) is 0 Å². The Morgan fingerprint density at radius 2 is 1.83 bits per heavy atom. The molecule has 1 aromatic rings. The second kappa shape index (κ2) is 8.07. The molecule has 0 heterocycles. The first-order valence-corrected chi connectivity index (χ1v) is 8.67. The third-order valence-electron chi connectivity index (χ3n) is 3.39. The van der Waals surface area contributed by atoms with Crippen LogP contribution in [-0.4, -0.2) is 51.3 Å². The van der Waals surface area contributed by atoms with Crippen LogP contribution in [-0.2, 0) is 19.6 Å². The molecule has 0 fully saturated rings. The van der Waals surface area contributed by atoms with Gasteiger partial charge in [-0.25, -0.2) is 8.42 Å². The van der Waals surface area contributed by atoms with E-state index < -0.39 is 21.9 Å². The number of nitrogens with one attached hydrogen (secondary N) is 1. The van der Waals surface area contributed by atoms with Gasteiger partial charge < -0.3 is 10.1 Å². The van der Waals surface area contributed by atoms with Crippen molar-refractivity contribution in [2.24, 2.45) is 0 Å². The second-order valence-electron chi connectivity index (χ2n) is 4.83. The minimum atomic E-state index is -3.66. The highest BCUT2D eigenvalue weighted by molar-refractivity contribution is 7.89. The summed E-state index contributed by atoms with van der Waals surface area (Å²) < 4.78 is 31.0. The molecule has 0 saturated carbocycles. The smallest absolute Gasteiger partial charge is 0.325 e. The van der Waals surface area contributed by atoms with Crippen LogP contribution < -0.4 is 5.32 Å². The highest BCUT2D eigenvalue weighted by Crippen LogP contribution is 2.21. The number of nitrogens with zero attached hydrogens (tertiary/aromatic N) is 1. The summed E-state index contributed by atoms with van der Waals surface area (Å²) in [4.78, 5) is 23.2. The van der Waals surface area contributed by atoms with Crippen molar-refractivity contribution in [2.45, 2.75) is 25.7 Å². The zero-order chi connectivity index (χ0) is 17.6. The van der Waals surface area contributed by atoms with Gasteiger partial charge in [-0.05, 0) is 24.6 Å². The maximum atomic E-state index is 12.6. The number of rotatable bonds is 7. The molecular formula is C15H22N2O5S. The van der Waals surface area contributed by atoms with Gasteiger partial charge in [0.1, 0.15) is 6.54 Å². The molecule has 0 atom stereocenters. The third kappa shape index (κ3) is 4.52. The quantitative estimate of drug-likeness (QED) is 0.744. The Morgan fingerprint density at radius 1 is 1.22 bits per heavy atom. The van der Waals surface area contributed by atoms with Gasteiger partial charge in [-0.15, -0.1) is 0 Å². The highest BCUT2D eigenvalue weighted by atomic mass is 32.2. The normalized spacial score (nSPS) is 11.3. The number of carbonyl (C=O) groups is 2. The van der Waals surface area contributed by atoms with E-state index in [1.807, 2.05) is 0 Å². The Morgan fingerprint density at radius 3 is 2.35 bits per heavy atom. The minimum Gasteiger partial charge on any atom is -0.468 e. The van der Waals surface area contributed by atoms with E-state index in [1.54, 1.807) is 26.8 Å². The molecule has 1 rings (SSSR count). The second-order valence-corrected chi connectivity index (χ2v) is 6.73. The van der Waals surface area contributed by atoms with E-state index in [1.165, 1.54) is 23.5 Å². The van der Waals surface area contributed by atoms with Crippen molar-refractivity contribution < 1.29 is 22.7 Å². The van der Waals surface area contributed by atoms with E-state index in [0.29, 0.717) is 18.7 Å². The first kappa shape index (κ1) is 19.1. The zero-order valence-corrected chi connectivity index (χ0v) is 14.6. The average Bonchev–Trinajstić information content (AvgIpc) is 2.53. The summed E-state index contributed by atoms with van der Waals surface area (Å²) in [5.41, 5.74) is 0.728. The van der Waals surface area contributed by atoms with E-state index in [2.05, 4.69) is 10.1 Å². The van der Waals surface area contributed by atoms with Crippen LogP contribution >= 0.6 is 0 Å². The van der Waals surface area contributed by atoms with Gasteiger partial charge in [0.05, 0.1) is 12.0 Å². The highest BCUT2D eigenvalue weighted by Gasteiger charge is 2.24. The van der Waals surface area contributed by atoms with Crippen molar-refractivity contribution in [1.82, 2.24) is 9.62 Å². The largest absolute Gasteiger partial charge is 0.468 e. The van der Waals surface area contributed by atoms with Crippen LogP contribution in [0.1, 0.15) is 29.8 Å². The first-order chi connectivity index (χ1) is 10.8. The van der Waals surface area contributed by atoms with Crippen molar-refractivity contribution in [3.8, 4) is 0 Å². The number of hydrogen-bond donors (Lipinski definition) is 1. The number of amides is 1. The van der Waals surface area contributed by atoms with Gasteiger partial charge in [-0.1, -0.05) is 19.9 Å². The molecule has 1 N–H and O–H groups in total. The molecule has 0 saturated heterocycles. The van der Waals surface area contributed by atoms with Crippen molar-refractivity contribution in [1.29, 1.82) is 0 Å². The Balaban J connectivity index is 3.13. The molecule has 8 heteroatoms. The first-order valence-electron chi connectivity index (χ1n) is 7.23. The van der Waals surface area contributed by atoms with Crippen LogP contribution in [0.15, 0.2) is 23.1 Å². The Labute approximate surface area is 136 Å². The van der Waals surface area contributed by atoms with Crippen molar-refractivity contribution >= 4 is 21.9 Å². The Bertz CT molecular complexity index is 681. The molecule has 7 nitrogen and oxygen atoms in total. The molecule has 1 amide bonds. The fourth-order valence-electron chi connectivity index (χ4n) is 2.05. The summed E-state index contributed by atoms with van der Waals surface area (Å²) in [6, 6.07) is 4.42. The molecule has 0 bridgehead atoms. The molecule has 0 unspecified atom stereocenters. The van der Waals surface area contributed by atoms with E-state index in [-0.39, 0.29) is 17.0 Å². The molecule has 23 heavy (non-hydrogen) atoms. The van der Waals surface area contributed by atoms with Gasteiger partial charge >= 0.3 is 5.97 Å². The van der Waals surface area contributed by atoms with Crippen molar-refractivity contribution in [2.75, 3.05) is 26.7 Å². The van der Waals surface area contributed by atoms with Crippen LogP contribution in [0.2, 0.25) is 0 Å². The third-order valence-corrected chi connectivity index (χ3v) is 5.59. The van der Waals surface area contributed by atoms with Gasteiger partial charge in [0.15, 0.2) is 0 Å². The van der Waals surface area contributed by atoms with Crippen LogP contribution in [0.25, 0.3) is 0 Å². The number of sulfonamides is 1. The Hall–Kier alpha value is -1.93. The molecule has 0 aliphatic heterocycles. The number of hydrogen-bond acceptors (Lipinski definition) is 5. The lowest BCUT2D eigenvalue weighted by Gasteiger charge is -2.20. The van der Waals surface area contributed by atoms with Crippen molar-refractivity contribution in [3.63, 3.8) is 0 Å². The van der Waals surface area contributed by atoms with Crippen molar-refractivity contribution in [3.05, 3.63) is 29.3 Å². The molecule has 0 spiro atoms. The van der Waals surface area contributed by atoms with Crippen LogP contribution in [0.5, 0.6) is 0 Å². The summed E-state index contributed by atoms with van der Waals surface area (Å²) in [5.74, 6) is -1.12. The molecule has 1 aromatic carbocycles. The average molecular weight is 342 g/mol. The lowest BCUT2D eigenvalue weighted by atomic mass is 10.1. The van der Waals surface area contributed by atoms with E-state index in [4.69, 9.17) is 0 Å². The monoisotopic (exact) mass is 342 g/mol. The molecular weight excluding hydrogens is 320 g/mol. The number of benzene rings is 1. The van der Waals surface area contributed by atoms with Gasteiger partial charge in [0.2, 0.25) is 10.0 Å². The molecule has 0 aliphatic rings. The van der Waals surface area contributed by atoms with Crippen LogP contribution in [0.4, 0.5) is 0 Å². The van der Waals surface area contributed by atoms with E-state index in [0.717, 1.165) is 0 Å². The van der Waals surface area contributed by atoms with E-state index in [9.17, 15) is 18.0 Å². The lowest BCUT2D eigenvalue weighted by molar-refractivity contribution is -0.139. The number of carbonyl (C=O) groups excluding carboxylic acids is 2. The van der Waals surface area contributed by atoms with Gasteiger partial charge in [-0.2, -0.15) is 4.31 Å². The van der Waals surface area contributed by atoms with Crippen LogP contribution in [0, 0.1) is 6.92 Å². The minimum absolute atomic E-state index is 0.0897. The number of ether oxygens (including phenoxy) is 1. The summed E-state index contributed by atoms with van der Waals surface area (Å²) >= 11 is 0. The molecule has 0 radical (unpaired) electrons. The molecule has 0 aliphatic carbocycles. The summed E-state index contributed by atoms with van der Waals surface area (Å²) in [6.07, 6.45) is 0. The maximum Gasteiger partial charge on any atom is 0.325 e. The number of aryl methyl sites for hydroxylation is 1. The number of esters is 1. The summed E-state index contributed by atoms with van der Waals surface area (Å²) in [7, 11) is -2.44. The number of methoxy groups -OCH3 is 1. The maximum absolute atomic E-state index is 12.6. The summed E-state index contributed by atoms with van der Waals surface area (Å²) in [5, 5.41) is 2.38. The van der Waals surface area contributed by atoms with Gasteiger partial charge in [0, 0.05) is 18.7 Å². The predicted molar refractivity (Wildman–Crippen MR) is 85.6 cm³/mol. The van der Waals surface area contributed by atoms with Gasteiger partial charge in [0.25, 0.3) is 5.91 Å². The zero-order valence-electron chi connectivity index (χ0n) is 13.8. The lowest BCUT2D eigenvalue weighted by Crippen LogP contribution is -2.32. The fraction of sp³-hybridized carbons (Fsp3) is 0.467. The summed E-state index contributed by atoms with van der Waals surface area (Å²) in [6.45, 7) is 5.59. The Kier molecular flexibility index (Phi) is 6.71. The molecule has 128 valence electrons. The molecule has 0 aromatic heterocycles. The fourth-order valence-corrected chi connectivity index (χ4v) is 3.76. The van der Waals surface area contributed by atoms with E-state index >= 15 is 0 Å². The predicted octanol–water partition coefficient (Wildman–Crippen LogP) is 0.928. The van der Waals surface area contributed by atoms with Gasteiger partial charge in [-0.3, -0.25) is 9.59 Å². The standard InChI is InChI=1S/C15H22N2O5S/c1-5-17(6-2)23(20,21)13-9-12(8-7-11(13)3)15(19)16-10-14(18)22-4/h7-9H,5-6,10H2,1-4H3,(H,16,19). The SMILES string of the molecule is CCN(CC)S(=O)(=O)c1cc(C(=O)NCC(=O)OC)ccc1C. The topological polar surface area (TPSA) is 92.8 Å².